The average Bonchev–Trinajstić information content (AvgIpc) is 3.22. The Hall–Kier alpha value is -3.03. The zero-order valence-electron chi connectivity index (χ0n) is 15.5. The van der Waals surface area contributed by atoms with Crippen LogP contribution in [-0.4, -0.2) is 21.7 Å². The summed E-state index contributed by atoms with van der Waals surface area (Å²) in [5, 5.41) is 5.18. The molecule has 144 valence electrons. The molecule has 1 amide bonds. The van der Waals surface area contributed by atoms with Gasteiger partial charge < -0.3 is 5.32 Å². The van der Waals surface area contributed by atoms with Gasteiger partial charge in [-0.25, -0.2) is 9.97 Å². The van der Waals surface area contributed by atoms with Gasteiger partial charge in [-0.05, 0) is 36.1 Å². The van der Waals surface area contributed by atoms with Crippen molar-refractivity contribution in [2.24, 2.45) is 0 Å². The third kappa shape index (κ3) is 4.36. The maximum Gasteiger partial charge on any atom is 0.242 e. The number of amides is 1. The average molecular weight is 420 g/mol. The Kier molecular flexibility index (Phi) is 5.69. The van der Waals surface area contributed by atoms with Gasteiger partial charge in [0.05, 0.1) is 10.2 Å². The summed E-state index contributed by atoms with van der Waals surface area (Å²) in [6, 6.07) is 18.5. The SMILES string of the molecule is CC(=O)c1cccc(NC(=O)C(Sc2ncnc3ccsc23)c2ccccc2)c1. The molecule has 0 aliphatic rings. The number of nitrogens with zero attached hydrogens (tertiary/aromatic N) is 2. The second-order valence-corrected chi connectivity index (χ2v) is 8.36. The smallest absolute Gasteiger partial charge is 0.242 e. The normalized spacial score (nSPS) is 11.9. The van der Waals surface area contributed by atoms with Crippen molar-refractivity contribution >= 4 is 50.7 Å². The van der Waals surface area contributed by atoms with E-state index in [4.69, 9.17) is 0 Å². The molecule has 0 fully saturated rings. The molecule has 5 nitrogen and oxygen atoms in total. The number of aromatic nitrogens is 2. The van der Waals surface area contributed by atoms with E-state index in [1.807, 2.05) is 41.8 Å². The number of hydrogen-bond donors (Lipinski definition) is 1. The molecule has 0 saturated carbocycles. The predicted molar refractivity (Wildman–Crippen MR) is 118 cm³/mol. The number of Topliss-reactive ketones (excluding diaryl/α,β-unsaturated/α-hetero) is 1. The van der Waals surface area contributed by atoms with Gasteiger partial charge in [-0.3, -0.25) is 9.59 Å². The maximum absolute atomic E-state index is 13.2. The molecular formula is C22H17N3O2S2. The van der Waals surface area contributed by atoms with Crippen molar-refractivity contribution in [2.75, 3.05) is 5.32 Å². The lowest BCUT2D eigenvalue weighted by Crippen LogP contribution is -2.19. The number of fused-ring (bicyclic) bond motifs is 1. The second kappa shape index (κ2) is 8.55. The molecule has 1 N–H and O–H groups in total. The molecule has 1 atom stereocenters. The molecule has 0 saturated heterocycles. The summed E-state index contributed by atoms with van der Waals surface area (Å²) in [6.45, 7) is 1.50. The Morgan fingerprint density at radius 3 is 2.66 bits per heavy atom. The summed E-state index contributed by atoms with van der Waals surface area (Å²) in [5.74, 6) is -0.221. The van der Waals surface area contributed by atoms with E-state index in [9.17, 15) is 9.59 Å². The molecular weight excluding hydrogens is 402 g/mol. The lowest BCUT2D eigenvalue weighted by atomic mass is 10.1. The number of ketones is 1. The van der Waals surface area contributed by atoms with Crippen molar-refractivity contribution in [3.63, 3.8) is 0 Å². The van der Waals surface area contributed by atoms with Crippen molar-refractivity contribution in [3.05, 3.63) is 83.5 Å². The van der Waals surface area contributed by atoms with Crippen LogP contribution in [-0.2, 0) is 4.79 Å². The molecule has 29 heavy (non-hydrogen) atoms. The van der Waals surface area contributed by atoms with Crippen LogP contribution in [0.15, 0.2) is 77.4 Å². The summed E-state index contributed by atoms with van der Waals surface area (Å²) >= 11 is 2.95. The van der Waals surface area contributed by atoms with Gasteiger partial charge in [0.1, 0.15) is 16.6 Å². The Labute approximate surface area is 176 Å². The van der Waals surface area contributed by atoms with Crippen molar-refractivity contribution < 1.29 is 9.59 Å². The molecule has 0 spiro atoms. The molecule has 1 unspecified atom stereocenters. The molecule has 2 heterocycles. The van der Waals surface area contributed by atoms with Gasteiger partial charge in [0, 0.05) is 11.3 Å². The Morgan fingerprint density at radius 1 is 1.03 bits per heavy atom. The van der Waals surface area contributed by atoms with E-state index in [1.165, 1.54) is 25.0 Å². The lowest BCUT2D eigenvalue weighted by molar-refractivity contribution is -0.115. The quantitative estimate of drug-likeness (QED) is 0.259. The number of thioether (sulfide) groups is 1. The minimum absolute atomic E-state index is 0.0452. The van der Waals surface area contributed by atoms with E-state index in [0.29, 0.717) is 11.3 Å². The third-order valence-electron chi connectivity index (χ3n) is 4.32. The third-order valence-corrected chi connectivity index (χ3v) is 6.61. The van der Waals surface area contributed by atoms with Gasteiger partial charge >= 0.3 is 0 Å². The van der Waals surface area contributed by atoms with E-state index < -0.39 is 5.25 Å². The fourth-order valence-corrected chi connectivity index (χ4v) is 4.91. The van der Waals surface area contributed by atoms with E-state index in [2.05, 4.69) is 15.3 Å². The topological polar surface area (TPSA) is 72.0 Å². The summed E-state index contributed by atoms with van der Waals surface area (Å²) < 4.78 is 0.963. The van der Waals surface area contributed by atoms with E-state index in [1.54, 1.807) is 35.6 Å². The van der Waals surface area contributed by atoms with Crippen LogP contribution in [0, 0.1) is 0 Å². The summed E-state index contributed by atoms with van der Waals surface area (Å²) in [5.41, 5.74) is 2.89. The van der Waals surface area contributed by atoms with Gasteiger partial charge in [0.25, 0.3) is 0 Å². The minimum atomic E-state index is -0.502. The zero-order valence-corrected chi connectivity index (χ0v) is 17.2. The summed E-state index contributed by atoms with van der Waals surface area (Å²) in [6.07, 6.45) is 1.52. The van der Waals surface area contributed by atoms with Crippen LogP contribution in [0.1, 0.15) is 28.1 Å². The predicted octanol–water partition coefficient (Wildman–Crippen LogP) is 5.37. The van der Waals surface area contributed by atoms with Crippen LogP contribution in [0.2, 0.25) is 0 Å². The summed E-state index contributed by atoms with van der Waals surface area (Å²) in [7, 11) is 0. The van der Waals surface area contributed by atoms with Crippen LogP contribution >= 0.6 is 23.1 Å². The first-order valence-electron chi connectivity index (χ1n) is 8.93. The highest BCUT2D eigenvalue weighted by Gasteiger charge is 2.24. The second-order valence-electron chi connectivity index (χ2n) is 6.35. The van der Waals surface area contributed by atoms with Crippen LogP contribution in [0.3, 0.4) is 0 Å². The van der Waals surface area contributed by atoms with Gasteiger partial charge in [-0.2, -0.15) is 0 Å². The van der Waals surface area contributed by atoms with E-state index >= 15 is 0 Å². The molecule has 0 aliphatic carbocycles. The van der Waals surface area contributed by atoms with Crippen molar-refractivity contribution in [1.82, 2.24) is 9.97 Å². The monoisotopic (exact) mass is 419 g/mol. The highest BCUT2D eigenvalue weighted by Crippen LogP contribution is 2.39. The molecule has 0 radical (unpaired) electrons. The molecule has 4 rings (SSSR count). The lowest BCUT2D eigenvalue weighted by Gasteiger charge is -2.17. The first-order chi connectivity index (χ1) is 14.1. The minimum Gasteiger partial charge on any atom is -0.325 e. The first-order valence-corrected chi connectivity index (χ1v) is 10.7. The van der Waals surface area contributed by atoms with Crippen LogP contribution in [0.4, 0.5) is 5.69 Å². The Bertz CT molecular complexity index is 1170. The van der Waals surface area contributed by atoms with Crippen molar-refractivity contribution in [2.45, 2.75) is 17.2 Å². The number of benzene rings is 2. The number of carbonyl (C=O) groups is 2. The number of nitrogens with one attached hydrogen (secondary N) is 1. The molecule has 2 aromatic carbocycles. The standard InChI is InChI=1S/C22H17N3O2S2/c1-14(26)16-8-5-9-17(12-16)25-21(27)19(15-6-3-2-4-7-15)29-22-20-18(10-11-28-20)23-13-24-22/h2-13,19H,1H3,(H,25,27). The summed E-state index contributed by atoms with van der Waals surface area (Å²) in [4.78, 5) is 33.5. The largest absolute Gasteiger partial charge is 0.325 e. The number of anilines is 1. The van der Waals surface area contributed by atoms with Crippen LogP contribution in [0.5, 0.6) is 0 Å². The molecule has 2 aromatic heterocycles. The van der Waals surface area contributed by atoms with Gasteiger partial charge in [-0.1, -0.05) is 54.2 Å². The first kappa shape index (κ1) is 19.3. The highest BCUT2D eigenvalue weighted by atomic mass is 32.2. The van der Waals surface area contributed by atoms with Crippen molar-refractivity contribution in [3.8, 4) is 0 Å². The van der Waals surface area contributed by atoms with E-state index in [-0.39, 0.29) is 11.7 Å². The highest BCUT2D eigenvalue weighted by molar-refractivity contribution is 8.00. The van der Waals surface area contributed by atoms with Crippen LogP contribution in [0.25, 0.3) is 10.2 Å². The fraction of sp³-hybridized carbons (Fsp3) is 0.0909. The maximum atomic E-state index is 13.2. The molecule has 0 aliphatic heterocycles. The van der Waals surface area contributed by atoms with E-state index in [0.717, 1.165) is 20.8 Å². The van der Waals surface area contributed by atoms with Gasteiger partial charge in [0.15, 0.2) is 5.78 Å². The molecule has 4 aromatic rings. The zero-order chi connectivity index (χ0) is 20.2. The van der Waals surface area contributed by atoms with Crippen LogP contribution < -0.4 is 5.32 Å². The van der Waals surface area contributed by atoms with Crippen molar-refractivity contribution in [1.29, 1.82) is 0 Å². The Balaban J connectivity index is 1.66. The van der Waals surface area contributed by atoms with Gasteiger partial charge in [-0.15, -0.1) is 11.3 Å². The number of hydrogen-bond acceptors (Lipinski definition) is 6. The molecule has 0 bridgehead atoms. The number of carbonyl (C=O) groups excluding carboxylic acids is 2. The molecule has 7 heteroatoms. The number of thiophene rings is 1. The van der Waals surface area contributed by atoms with Gasteiger partial charge in [0.2, 0.25) is 5.91 Å². The number of rotatable bonds is 6. The fourth-order valence-electron chi connectivity index (χ4n) is 2.89. The Morgan fingerprint density at radius 2 is 1.86 bits per heavy atom.